The highest BCUT2D eigenvalue weighted by atomic mass is 16.5. The van der Waals surface area contributed by atoms with Crippen molar-refractivity contribution in [1.82, 2.24) is 10.2 Å². The summed E-state index contributed by atoms with van der Waals surface area (Å²) >= 11 is 0. The van der Waals surface area contributed by atoms with Gasteiger partial charge in [-0.3, -0.25) is 9.69 Å². The zero-order chi connectivity index (χ0) is 15.7. The number of ether oxygens (including phenoxy) is 1. The van der Waals surface area contributed by atoms with Crippen LogP contribution in [-0.4, -0.2) is 48.2 Å². The first-order valence-electron chi connectivity index (χ1n) is 7.75. The summed E-state index contributed by atoms with van der Waals surface area (Å²) in [6.07, 6.45) is 4.25. The number of hydrogen-bond donors (Lipinski definition) is 2. The molecule has 0 aromatic heterocycles. The minimum Gasteiger partial charge on any atom is -0.379 e. The van der Waals surface area contributed by atoms with Crippen molar-refractivity contribution in [3.8, 4) is 0 Å². The van der Waals surface area contributed by atoms with Gasteiger partial charge in [-0.1, -0.05) is 12.8 Å². The molecule has 2 atom stereocenters. The number of amides is 3. The summed E-state index contributed by atoms with van der Waals surface area (Å²) in [7, 11) is 1.64. The van der Waals surface area contributed by atoms with Crippen LogP contribution in [0.4, 0.5) is 4.79 Å². The van der Waals surface area contributed by atoms with Gasteiger partial charge >= 0.3 is 6.03 Å². The lowest BCUT2D eigenvalue weighted by Gasteiger charge is -2.38. The monoisotopic (exact) mass is 297 g/mol. The van der Waals surface area contributed by atoms with Gasteiger partial charge in [-0.05, 0) is 39.7 Å². The van der Waals surface area contributed by atoms with Gasteiger partial charge in [0.05, 0.1) is 5.60 Å². The van der Waals surface area contributed by atoms with E-state index in [0.717, 1.165) is 19.3 Å². The van der Waals surface area contributed by atoms with Crippen LogP contribution < -0.4 is 11.1 Å². The van der Waals surface area contributed by atoms with Crippen LogP contribution in [0, 0.1) is 5.92 Å². The van der Waals surface area contributed by atoms with Gasteiger partial charge in [0, 0.05) is 19.6 Å². The molecular weight excluding hydrogens is 270 g/mol. The van der Waals surface area contributed by atoms with Gasteiger partial charge in [0.15, 0.2) is 0 Å². The average Bonchev–Trinajstić information content (AvgIpc) is 2.69. The maximum Gasteiger partial charge on any atom is 0.325 e. The Morgan fingerprint density at radius 3 is 2.76 bits per heavy atom. The molecule has 1 saturated heterocycles. The molecule has 21 heavy (non-hydrogen) atoms. The third-order valence-corrected chi connectivity index (χ3v) is 5.05. The molecule has 0 bridgehead atoms. The molecule has 120 valence electrons. The van der Waals surface area contributed by atoms with Gasteiger partial charge in [-0.2, -0.15) is 0 Å². The Kier molecular flexibility index (Phi) is 4.58. The molecule has 0 aromatic carbocycles. The number of hydrogen-bond acceptors (Lipinski definition) is 4. The van der Waals surface area contributed by atoms with Gasteiger partial charge in [0.2, 0.25) is 0 Å². The van der Waals surface area contributed by atoms with E-state index >= 15 is 0 Å². The van der Waals surface area contributed by atoms with Gasteiger partial charge in [-0.15, -0.1) is 0 Å². The molecule has 1 aliphatic carbocycles. The summed E-state index contributed by atoms with van der Waals surface area (Å²) in [5.74, 6) is -0.0577. The van der Waals surface area contributed by atoms with Gasteiger partial charge in [-0.25, -0.2) is 4.79 Å². The Morgan fingerprint density at radius 2 is 2.14 bits per heavy atom. The van der Waals surface area contributed by atoms with E-state index in [1.165, 1.54) is 4.90 Å². The largest absolute Gasteiger partial charge is 0.379 e. The van der Waals surface area contributed by atoms with Crippen LogP contribution >= 0.6 is 0 Å². The molecule has 1 heterocycles. The lowest BCUT2D eigenvalue weighted by atomic mass is 9.72. The Hall–Kier alpha value is -1.14. The van der Waals surface area contributed by atoms with Crippen LogP contribution in [0.15, 0.2) is 0 Å². The minimum atomic E-state index is -0.763. The smallest absolute Gasteiger partial charge is 0.325 e. The molecule has 1 aliphatic heterocycles. The van der Waals surface area contributed by atoms with Crippen molar-refractivity contribution in [2.24, 2.45) is 11.7 Å². The number of rotatable bonds is 5. The second-order valence-corrected chi connectivity index (χ2v) is 6.75. The first kappa shape index (κ1) is 16.2. The first-order valence-corrected chi connectivity index (χ1v) is 7.75. The normalized spacial score (nSPS) is 30.1. The number of nitrogens with two attached hydrogens (primary N) is 1. The van der Waals surface area contributed by atoms with Crippen molar-refractivity contribution < 1.29 is 14.3 Å². The SMILES string of the molecule is COC(C)(C)CCN1C(=O)NC2(CCCCC2CN)C1=O. The highest BCUT2D eigenvalue weighted by molar-refractivity contribution is 6.07. The van der Waals surface area contributed by atoms with Crippen LogP contribution in [-0.2, 0) is 9.53 Å². The summed E-state index contributed by atoms with van der Waals surface area (Å²) in [4.78, 5) is 26.4. The summed E-state index contributed by atoms with van der Waals surface area (Å²) in [5.41, 5.74) is 4.72. The molecule has 6 heteroatoms. The molecular formula is C15H27N3O3. The van der Waals surface area contributed by atoms with Crippen LogP contribution in [0.3, 0.4) is 0 Å². The predicted octanol–water partition coefficient (Wildman–Crippen LogP) is 1.24. The molecule has 0 radical (unpaired) electrons. The van der Waals surface area contributed by atoms with Crippen molar-refractivity contribution in [3.05, 3.63) is 0 Å². The van der Waals surface area contributed by atoms with Crippen molar-refractivity contribution in [2.75, 3.05) is 20.2 Å². The molecule has 3 N–H and O–H groups in total. The third-order valence-electron chi connectivity index (χ3n) is 5.05. The summed E-state index contributed by atoms with van der Waals surface area (Å²) in [6.45, 7) is 4.71. The molecule has 2 unspecified atom stereocenters. The quantitative estimate of drug-likeness (QED) is 0.748. The van der Waals surface area contributed by atoms with Crippen molar-refractivity contribution in [2.45, 2.75) is 57.1 Å². The fourth-order valence-electron chi connectivity index (χ4n) is 3.34. The van der Waals surface area contributed by atoms with E-state index in [4.69, 9.17) is 10.5 Å². The van der Waals surface area contributed by atoms with E-state index in [1.54, 1.807) is 7.11 Å². The lowest BCUT2D eigenvalue weighted by Crippen LogP contribution is -2.57. The van der Waals surface area contributed by atoms with Crippen molar-refractivity contribution in [3.63, 3.8) is 0 Å². The van der Waals surface area contributed by atoms with Crippen LogP contribution in [0.2, 0.25) is 0 Å². The number of methoxy groups -OCH3 is 1. The van der Waals surface area contributed by atoms with E-state index < -0.39 is 5.54 Å². The third kappa shape index (κ3) is 2.92. The number of nitrogens with zero attached hydrogens (tertiary/aromatic N) is 1. The zero-order valence-corrected chi connectivity index (χ0v) is 13.3. The highest BCUT2D eigenvalue weighted by Gasteiger charge is 2.55. The van der Waals surface area contributed by atoms with Crippen LogP contribution in [0.1, 0.15) is 46.0 Å². The van der Waals surface area contributed by atoms with E-state index in [0.29, 0.717) is 25.9 Å². The Bertz CT molecular complexity index is 424. The van der Waals surface area contributed by atoms with Crippen molar-refractivity contribution >= 4 is 11.9 Å². The second-order valence-electron chi connectivity index (χ2n) is 6.75. The summed E-state index contributed by atoms with van der Waals surface area (Å²) in [5, 5.41) is 2.94. The van der Waals surface area contributed by atoms with Gasteiger partial charge in [0.25, 0.3) is 5.91 Å². The standard InChI is InChI=1S/C15H27N3O3/c1-14(2,21-3)8-9-18-12(19)15(17-13(18)20)7-5-4-6-11(15)10-16/h11H,4-10,16H2,1-3H3,(H,17,20). The zero-order valence-electron chi connectivity index (χ0n) is 13.3. The molecule has 2 fully saturated rings. The summed E-state index contributed by atoms with van der Waals surface area (Å²) < 4.78 is 5.36. The predicted molar refractivity (Wildman–Crippen MR) is 79.7 cm³/mol. The number of nitrogens with one attached hydrogen (secondary N) is 1. The fourth-order valence-corrected chi connectivity index (χ4v) is 3.34. The molecule has 3 amide bonds. The number of carbonyl (C=O) groups excluding carboxylic acids is 2. The minimum absolute atomic E-state index is 0.0446. The average molecular weight is 297 g/mol. The Morgan fingerprint density at radius 1 is 1.43 bits per heavy atom. The molecule has 2 rings (SSSR count). The number of carbonyl (C=O) groups is 2. The summed E-state index contributed by atoms with van der Waals surface area (Å²) in [6, 6.07) is -0.285. The van der Waals surface area contributed by atoms with E-state index in [2.05, 4.69) is 5.32 Å². The van der Waals surface area contributed by atoms with Crippen molar-refractivity contribution in [1.29, 1.82) is 0 Å². The van der Waals surface area contributed by atoms with Gasteiger partial charge in [0.1, 0.15) is 5.54 Å². The molecule has 1 spiro atoms. The maximum atomic E-state index is 12.8. The Labute approximate surface area is 126 Å². The van der Waals surface area contributed by atoms with E-state index in [9.17, 15) is 9.59 Å². The van der Waals surface area contributed by atoms with E-state index in [-0.39, 0.29) is 23.5 Å². The molecule has 1 saturated carbocycles. The molecule has 0 aromatic rings. The number of urea groups is 1. The van der Waals surface area contributed by atoms with Gasteiger partial charge < -0.3 is 15.8 Å². The highest BCUT2D eigenvalue weighted by Crippen LogP contribution is 2.38. The fraction of sp³-hybridized carbons (Fsp3) is 0.867. The lowest BCUT2D eigenvalue weighted by molar-refractivity contribution is -0.134. The topological polar surface area (TPSA) is 84.7 Å². The van der Waals surface area contributed by atoms with Crippen LogP contribution in [0.5, 0.6) is 0 Å². The molecule has 2 aliphatic rings. The maximum absolute atomic E-state index is 12.8. The molecule has 6 nitrogen and oxygen atoms in total. The first-order chi connectivity index (χ1) is 9.86. The number of imide groups is 1. The van der Waals surface area contributed by atoms with Crippen LogP contribution in [0.25, 0.3) is 0 Å². The Balaban J connectivity index is 2.12. The van der Waals surface area contributed by atoms with E-state index in [1.807, 2.05) is 13.8 Å². The second kappa shape index (κ2) is 5.93.